The highest BCUT2D eigenvalue weighted by Crippen LogP contribution is 2.12. The number of aromatic nitrogens is 1. The first kappa shape index (κ1) is 18.9. The Balaban J connectivity index is 1.55. The van der Waals surface area contributed by atoms with Crippen molar-refractivity contribution in [2.24, 2.45) is 0 Å². The predicted molar refractivity (Wildman–Crippen MR) is 106 cm³/mol. The predicted octanol–water partition coefficient (Wildman–Crippen LogP) is 2.27. The normalized spacial score (nSPS) is 12.4. The number of hydrogen-bond acceptors (Lipinski definition) is 4. The molecule has 3 aromatic rings. The molecule has 2 aromatic carbocycles. The van der Waals surface area contributed by atoms with Gasteiger partial charge in [-0.3, -0.25) is 9.36 Å². The molecule has 1 aromatic heterocycles. The third-order valence-corrected chi connectivity index (χ3v) is 4.72. The summed E-state index contributed by atoms with van der Waals surface area (Å²) in [5.41, 5.74) is 2.49. The van der Waals surface area contributed by atoms with Crippen LogP contribution in [0.5, 0.6) is 0 Å². The second-order valence-electron chi connectivity index (χ2n) is 6.85. The lowest BCUT2D eigenvalue weighted by Crippen LogP contribution is -2.41. The first-order valence-corrected chi connectivity index (χ1v) is 9.10. The Kier molecular flexibility index (Phi) is 6.08. The SMILES string of the molecule is CN(C)C(CNC(=O)CCn1c(=O)oc2ccccc21)Cc1ccccc1. The fraction of sp³-hybridized carbons (Fsp3) is 0.333. The third kappa shape index (κ3) is 4.86. The highest BCUT2D eigenvalue weighted by Gasteiger charge is 2.15. The second kappa shape index (κ2) is 8.68. The fourth-order valence-corrected chi connectivity index (χ4v) is 3.08. The standard InChI is InChI=1S/C21H25N3O3/c1-23(2)17(14-16-8-4-3-5-9-16)15-22-20(25)12-13-24-18-10-6-7-11-19(18)27-21(24)26/h3-11,17H,12-15H2,1-2H3,(H,22,25). The minimum absolute atomic E-state index is 0.0768. The van der Waals surface area contributed by atoms with Gasteiger partial charge >= 0.3 is 5.76 Å². The zero-order valence-electron chi connectivity index (χ0n) is 15.7. The van der Waals surface area contributed by atoms with Gasteiger partial charge in [0.25, 0.3) is 0 Å². The molecule has 6 heteroatoms. The van der Waals surface area contributed by atoms with E-state index in [1.165, 1.54) is 10.1 Å². The van der Waals surface area contributed by atoms with E-state index in [-0.39, 0.29) is 18.4 Å². The molecule has 0 bridgehead atoms. The number of hydrogen-bond donors (Lipinski definition) is 1. The summed E-state index contributed by atoms with van der Waals surface area (Å²) in [4.78, 5) is 26.4. The zero-order valence-corrected chi connectivity index (χ0v) is 15.7. The Hall–Kier alpha value is -2.86. The maximum Gasteiger partial charge on any atom is 0.419 e. The average Bonchev–Trinajstić information content (AvgIpc) is 2.99. The van der Waals surface area contributed by atoms with Gasteiger partial charge in [0.05, 0.1) is 5.52 Å². The third-order valence-electron chi connectivity index (χ3n) is 4.72. The largest absolute Gasteiger partial charge is 0.419 e. The smallest absolute Gasteiger partial charge is 0.408 e. The number of carbonyl (C=O) groups excluding carboxylic acids is 1. The van der Waals surface area contributed by atoms with Crippen LogP contribution in [0.3, 0.4) is 0 Å². The van der Waals surface area contributed by atoms with E-state index < -0.39 is 5.76 Å². The van der Waals surface area contributed by atoms with Crippen LogP contribution >= 0.6 is 0 Å². The summed E-state index contributed by atoms with van der Waals surface area (Å²) in [6, 6.07) is 17.7. The molecule has 0 aliphatic carbocycles. The number of fused-ring (bicyclic) bond motifs is 1. The lowest BCUT2D eigenvalue weighted by atomic mass is 10.1. The number of oxazole rings is 1. The Morgan fingerprint density at radius 3 is 2.56 bits per heavy atom. The van der Waals surface area contributed by atoms with Crippen molar-refractivity contribution in [2.75, 3.05) is 20.6 Å². The molecule has 6 nitrogen and oxygen atoms in total. The van der Waals surface area contributed by atoms with E-state index in [0.29, 0.717) is 24.2 Å². The van der Waals surface area contributed by atoms with Crippen LogP contribution in [-0.2, 0) is 17.8 Å². The molecule has 0 fully saturated rings. The summed E-state index contributed by atoms with van der Waals surface area (Å²) in [6.45, 7) is 0.856. The Morgan fingerprint density at radius 2 is 1.81 bits per heavy atom. The monoisotopic (exact) mass is 367 g/mol. The highest BCUT2D eigenvalue weighted by molar-refractivity contribution is 5.76. The van der Waals surface area contributed by atoms with E-state index in [1.807, 2.05) is 50.5 Å². The second-order valence-corrected chi connectivity index (χ2v) is 6.85. The summed E-state index contributed by atoms with van der Waals surface area (Å²) in [5, 5.41) is 2.99. The number of carbonyl (C=O) groups is 1. The van der Waals surface area contributed by atoms with Crippen molar-refractivity contribution >= 4 is 17.0 Å². The number of rotatable bonds is 8. The molecule has 27 heavy (non-hydrogen) atoms. The van der Waals surface area contributed by atoms with Gasteiger partial charge in [-0.05, 0) is 38.2 Å². The topological polar surface area (TPSA) is 67.5 Å². The minimum Gasteiger partial charge on any atom is -0.408 e. The summed E-state index contributed by atoms with van der Waals surface area (Å²) in [7, 11) is 4.02. The van der Waals surface area contributed by atoms with Gasteiger partial charge in [-0.15, -0.1) is 0 Å². The highest BCUT2D eigenvalue weighted by atomic mass is 16.4. The molecular formula is C21H25N3O3. The van der Waals surface area contributed by atoms with E-state index in [9.17, 15) is 9.59 Å². The molecule has 1 amide bonds. The van der Waals surface area contributed by atoms with E-state index >= 15 is 0 Å². The van der Waals surface area contributed by atoms with E-state index in [4.69, 9.17) is 4.42 Å². The summed E-state index contributed by atoms with van der Waals surface area (Å²) >= 11 is 0. The van der Waals surface area contributed by atoms with E-state index in [1.54, 1.807) is 6.07 Å². The van der Waals surface area contributed by atoms with Gasteiger partial charge in [0, 0.05) is 25.6 Å². The molecule has 0 aliphatic heterocycles. The Bertz CT molecular complexity index is 944. The number of nitrogens with zero attached hydrogens (tertiary/aromatic N) is 2. The van der Waals surface area contributed by atoms with Gasteiger partial charge in [0.2, 0.25) is 5.91 Å². The molecule has 0 saturated carbocycles. The van der Waals surface area contributed by atoms with Crippen molar-refractivity contribution in [1.29, 1.82) is 0 Å². The molecule has 142 valence electrons. The minimum atomic E-state index is -0.431. The van der Waals surface area contributed by atoms with Gasteiger partial charge in [0.1, 0.15) is 0 Å². The van der Waals surface area contributed by atoms with Gasteiger partial charge in [-0.2, -0.15) is 0 Å². The van der Waals surface area contributed by atoms with E-state index in [2.05, 4.69) is 22.3 Å². The van der Waals surface area contributed by atoms with Crippen LogP contribution in [-0.4, -0.2) is 42.1 Å². The van der Waals surface area contributed by atoms with E-state index in [0.717, 1.165) is 6.42 Å². The van der Waals surface area contributed by atoms with Crippen LogP contribution < -0.4 is 11.1 Å². The Labute approximate surface area is 158 Å². The summed E-state index contributed by atoms with van der Waals surface area (Å²) < 4.78 is 6.70. The number of nitrogens with one attached hydrogen (secondary N) is 1. The van der Waals surface area contributed by atoms with Crippen molar-refractivity contribution < 1.29 is 9.21 Å². The van der Waals surface area contributed by atoms with Gasteiger partial charge in [-0.1, -0.05) is 42.5 Å². The molecule has 3 rings (SSSR count). The van der Waals surface area contributed by atoms with Crippen molar-refractivity contribution in [2.45, 2.75) is 25.4 Å². The number of likely N-dealkylation sites (N-methyl/N-ethyl adjacent to an activating group) is 1. The Morgan fingerprint density at radius 1 is 1.11 bits per heavy atom. The van der Waals surface area contributed by atoms with Crippen LogP contribution in [0.4, 0.5) is 0 Å². The van der Waals surface area contributed by atoms with Crippen LogP contribution in [0.15, 0.2) is 63.8 Å². The van der Waals surface area contributed by atoms with Crippen LogP contribution in [0.1, 0.15) is 12.0 Å². The maximum absolute atomic E-state index is 12.3. The molecule has 1 heterocycles. The lowest BCUT2D eigenvalue weighted by molar-refractivity contribution is -0.121. The average molecular weight is 367 g/mol. The first-order valence-electron chi connectivity index (χ1n) is 9.10. The molecular weight excluding hydrogens is 342 g/mol. The number of aryl methyl sites for hydroxylation is 1. The van der Waals surface area contributed by atoms with Gasteiger partial charge in [-0.25, -0.2) is 4.79 Å². The van der Waals surface area contributed by atoms with Gasteiger partial charge < -0.3 is 14.6 Å². The van der Waals surface area contributed by atoms with Gasteiger partial charge in [0.15, 0.2) is 5.58 Å². The van der Waals surface area contributed by atoms with Crippen molar-refractivity contribution in [3.8, 4) is 0 Å². The molecule has 0 radical (unpaired) electrons. The van der Waals surface area contributed by atoms with Crippen LogP contribution in [0.2, 0.25) is 0 Å². The number of amides is 1. The molecule has 0 saturated heterocycles. The fourth-order valence-electron chi connectivity index (χ4n) is 3.08. The first-order chi connectivity index (χ1) is 13.0. The molecule has 0 aliphatic rings. The van der Waals surface area contributed by atoms with Crippen molar-refractivity contribution in [3.63, 3.8) is 0 Å². The molecule has 1 unspecified atom stereocenters. The van der Waals surface area contributed by atoms with Crippen molar-refractivity contribution in [1.82, 2.24) is 14.8 Å². The van der Waals surface area contributed by atoms with Crippen LogP contribution in [0, 0.1) is 0 Å². The zero-order chi connectivity index (χ0) is 19.2. The molecule has 1 N–H and O–H groups in total. The maximum atomic E-state index is 12.3. The molecule has 0 spiro atoms. The number of benzene rings is 2. The van der Waals surface area contributed by atoms with Crippen LogP contribution in [0.25, 0.3) is 11.1 Å². The quantitative estimate of drug-likeness (QED) is 0.663. The summed E-state index contributed by atoms with van der Waals surface area (Å²) in [6.07, 6.45) is 1.09. The molecule has 1 atom stereocenters. The summed E-state index contributed by atoms with van der Waals surface area (Å²) in [5.74, 6) is -0.508. The number of para-hydroxylation sites is 2. The van der Waals surface area contributed by atoms with Crippen molar-refractivity contribution in [3.05, 3.63) is 70.7 Å². The lowest BCUT2D eigenvalue weighted by Gasteiger charge is -2.24.